The summed E-state index contributed by atoms with van der Waals surface area (Å²) in [4.78, 5) is 23.3. The Morgan fingerprint density at radius 1 is 1.43 bits per heavy atom. The summed E-state index contributed by atoms with van der Waals surface area (Å²) < 4.78 is 5.61. The topological polar surface area (TPSA) is 87.7 Å². The van der Waals surface area contributed by atoms with Gasteiger partial charge in [-0.15, -0.1) is 0 Å². The van der Waals surface area contributed by atoms with Crippen LogP contribution in [0.1, 0.15) is 20.3 Å². The van der Waals surface area contributed by atoms with Gasteiger partial charge in [0.15, 0.2) is 6.10 Å². The van der Waals surface area contributed by atoms with Crippen LogP contribution in [-0.4, -0.2) is 35.7 Å². The summed E-state index contributed by atoms with van der Waals surface area (Å²) in [6.07, 6.45) is -0.341. The Kier molecular flexibility index (Phi) is 4.67. The number of carbonyl (C=O) groups is 2. The number of ether oxygens (including phenoxy) is 1. The molecule has 0 fully saturated rings. The van der Waals surface area contributed by atoms with Crippen molar-refractivity contribution in [2.45, 2.75) is 32.4 Å². The summed E-state index contributed by atoms with van der Waals surface area (Å²) in [7, 11) is 0. The van der Waals surface area contributed by atoms with Crippen LogP contribution >= 0.6 is 0 Å². The highest BCUT2D eigenvalue weighted by Gasteiger charge is 2.29. The van der Waals surface area contributed by atoms with Gasteiger partial charge in [-0.1, -0.05) is 26.0 Å². The van der Waals surface area contributed by atoms with Crippen LogP contribution in [0.4, 0.5) is 5.69 Å². The van der Waals surface area contributed by atoms with Crippen molar-refractivity contribution in [2.24, 2.45) is 5.92 Å². The number of hydrogen-bond acceptors (Lipinski definition) is 4. The fourth-order valence-electron chi connectivity index (χ4n) is 2.22. The quantitative estimate of drug-likeness (QED) is 0.765. The lowest BCUT2D eigenvalue weighted by atomic mass is 10.0. The summed E-state index contributed by atoms with van der Waals surface area (Å²) in [6, 6.07) is 6.43. The van der Waals surface area contributed by atoms with E-state index in [1.807, 2.05) is 32.0 Å². The molecule has 1 aliphatic rings. The first-order valence-electron chi connectivity index (χ1n) is 7.00. The van der Waals surface area contributed by atoms with E-state index in [-0.39, 0.29) is 5.92 Å². The largest absolute Gasteiger partial charge is 0.480 e. The van der Waals surface area contributed by atoms with Gasteiger partial charge in [-0.05, 0) is 24.5 Å². The second-order valence-corrected chi connectivity index (χ2v) is 5.51. The molecule has 0 saturated carbocycles. The molecule has 6 heteroatoms. The molecule has 1 aliphatic heterocycles. The highest BCUT2D eigenvalue weighted by atomic mass is 16.5. The molecular weight excluding hydrogens is 272 g/mol. The molecule has 0 saturated heterocycles. The van der Waals surface area contributed by atoms with Gasteiger partial charge in [-0.25, -0.2) is 4.79 Å². The van der Waals surface area contributed by atoms with Gasteiger partial charge in [-0.3, -0.25) is 4.79 Å². The van der Waals surface area contributed by atoms with Crippen molar-refractivity contribution in [3.05, 3.63) is 24.3 Å². The minimum absolute atomic E-state index is 0.178. The lowest BCUT2D eigenvalue weighted by Crippen LogP contribution is -2.50. The standard InChI is InChI=1S/C15H20N2O4/c1-9(2)7-11(15(19)20)17-14(18)13-8-16-10-5-3-4-6-12(10)21-13/h3-6,9,11,13,16H,7-8H2,1-2H3,(H,17,18)(H,19,20). The number of fused-ring (bicyclic) bond motifs is 1. The van der Waals surface area contributed by atoms with Gasteiger partial charge in [0.05, 0.1) is 12.2 Å². The molecule has 0 aliphatic carbocycles. The number of hydrogen-bond donors (Lipinski definition) is 3. The highest BCUT2D eigenvalue weighted by Crippen LogP contribution is 2.28. The van der Waals surface area contributed by atoms with Crippen molar-refractivity contribution >= 4 is 17.6 Å². The molecule has 6 nitrogen and oxygen atoms in total. The molecule has 0 aromatic heterocycles. The Bertz CT molecular complexity index is 530. The van der Waals surface area contributed by atoms with Gasteiger partial charge >= 0.3 is 5.97 Å². The number of carboxylic acids is 1. The van der Waals surface area contributed by atoms with Crippen molar-refractivity contribution in [3.8, 4) is 5.75 Å². The second kappa shape index (κ2) is 6.47. The summed E-state index contributed by atoms with van der Waals surface area (Å²) in [5.41, 5.74) is 0.832. The average Bonchev–Trinajstić information content (AvgIpc) is 2.45. The van der Waals surface area contributed by atoms with E-state index < -0.39 is 24.0 Å². The Morgan fingerprint density at radius 3 is 2.81 bits per heavy atom. The van der Waals surface area contributed by atoms with E-state index in [4.69, 9.17) is 9.84 Å². The molecule has 21 heavy (non-hydrogen) atoms. The summed E-state index contributed by atoms with van der Waals surface area (Å²) >= 11 is 0. The lowest BCUT2D eigenvalue weighted by molar-refractivity contribution is -0.143. The molecular formula is C15H20N2O4. The SMILES string of the molecule is CC(C)CC(NC(=O)C1CNc2ccccc2O1)C(=O)O. The Labute approximate surface area is 123 Å². The van der Waals surface area contributed by atoms with Crippen LogP contribution in [0.5, 0.6) is 5.75 Å². The smallest absolute Gasteiger partial charge is 0.326 e. The van der Waals surface area contributed by atoms with Crippen molar-refractivity contribution < 1.29 is 19.4 Å². The van der Waals surface area contributed by atoms with Gasteiger partial charge in [0.25, 0.3) is 5.91 Å². The number of aliphatic carboxylic acids is 1. The van der Waals surface area contributed by atoms with Crippen LogP contribution in [-0.2, 0) is 9.59 Å². The van der Waals surface area contributed by atoms with Crippen LogP contribution in [0.25, 0.3) is 0 Å². The molecule has 2 unspecified atom stereocenters. The normalized spacial score (nSPS) is 18.1. The summed E-state index contributed by atoms with van der Waals surface area (Å²) in [6.45, 7) is 4.14. The molecule has 2 atom stereocenters. The zero-order chi connectivity index (χ0) is 15.4. The third-order valence-electron chi connectivity index (χ3n) is 3.25. The third kappa shape index (κ3) is 3.87. The Hall–Kier alpha value is -2.24. The first-order chi connectivity index (χ1) is 9.97. The molecule has 1 aromatic carbocycles. The van der Waals surface area contributed by atoms with E-state index in [1.165, 1.54) is 0 Å². The maximum absolute atomic E-state index is 12.2. The minimum atomic E-state index is -1.03. The minimum Gasteiger partial charge on any atom is -0.480 e. The first-order valence-corrected chi connectivity index (χ1v) is 7.00. The molecule has 0 bridgehead atoms. The van der Waals surface area contributed by atoms with E-state index in [9.17, 15) is 9.59 Å². The fourth-order valence-corrected chi connectivity index (χ4v) is 2.22. The van der Waals surface area contributed by atoms with E-state index in [0.29, 0.717) is 18.7 Å². The Morgan fingerprint density at radius 2 is 2.14 bits per heavy atom. The maximum Gasteiger partial charge on any atom is 0.326 e. The number of benzene rings is 1. The molecule has 1 aromatic rings. The van der Waals surface area contributed by atoms with Gasteiger partial charge in [-0.2, -0.15) is 0 Å². The van der Waals surface area contributed by atoms with Crippen molar-refractivity contribution in [1.82, 2.24) is 5.32 Å². The van der Waals surface area contributed by atoms with E-state index >= 15 is 0 Å². The number of carbonyl (C=O) groups excluding carboxylic acids is 1. The fraction of sp³-hybridized carbons (Fsp3) is 0.467. The van der Waals surface area contributed by atoms with Gasteiger partial charge in [0.2, 0.25) is 0 Å². The second-order valence-electron chi connectivity index (χ2n) is 5.51. The van der Waals surface area contributed by atoms with Crippen molar-refractivity contribution in [3.63, 3.8) is 0 Å². The first kappa shape index (κ1) is 15.2. The molecule has 0 spiro atoms. The molecule has 0 radical (unpaired) electrons. The zero-order valence-corrected chi connectivity index (χ0v) is 12.1. The maximum atomic E-state index is 12.2. The van der Waals surface area contributed by atoms with Crippen LogP contribution in [0.15, 0.2) is 24.3 Å². The van der Waals surface area contributed by atoms with Crippen molar-refractivity contribution in [2.75, 3.05) is 11.9 Å². The summed E-state index contributed by atoms with van der Waals surface area (Å²) in [5, 5.41) is 14.8. The number of para-hydroxylation sites is 2. The van der Waals surface area contributed by atoms with Crippen LogP contribution < -0.4 is 15.4 Å². The number of amides is 1. The van der Waals surface area contributed by atoms with Crippen LogP contribution in [0.2, 0.25) is 0 Å². The summed E-state index contributed by atoms with van der Waals surface area (Å²) in [5.74, 6) is -0.663. The zero-order valence-electron chi connectivity index (χ0n) is 12.1. The van der Waals surface area contributed by atoms with Crippen molar-refractivity contribution in [1.29, 1.82) is 0 Å². The van der Waals surface area contributed by atoms with Crippen LogP contribution in [0.3, 0.4) is 0 Å². The van der Waals surface area contributed by atoms with Gasteiger partial charge in [0, 0.05) is 0 Å². The predicted molar refractivity (Wildman–Crippen MR) is 78.4 cm³/mol. The van der Waals surface area contributed by atoms with E-state index in [0.717, 1.165) is 5.69 Å². The number of carboxylic acid groups (broad SMARTS) is 1. The Balaban J connectivity index is 1.99. The average molecular weight is 292 g/mol. The van der Waals surface area contributed by atoms with Gasteiger partial charge < -0.3 is 20.5 Å². The number of nitrogens with one attached hydrogen (secondary N) is 2. The molecule has 1 amide bonds. The molecule has 114 valence electrons. The van der Waals surface area contributed by atoms with Gasteiger partial charge in [0.1, 0.15) is 11.8 Å². The lowest BCUT2D eigenvalue weighted by Gasteiger charge is -2.27. The monoisotopic (exact) mass is 292 g/mol. The predicted octanol–water partition coefficient (Wildman–Crippen LogP) is 1.47. The van der Waals surface area contributed by atoms with E-state index in [2.05, 4.69) is 10.6 Å². The number of rotatable bonds is 5. The number of anilines is 1. The third-order valence-corrected chi connectivity index (χ3v) is 3.25. The highest BCUT2D eigenvalue weighted by molar-refractivity contribution is 5.87. The molecule has 2 rings (SSSR count). The molecule has 1 heterocycles. The van der Waals surface area contributed by atoms with E-state index in [1.54, 1.807) is 6.07 Å². The molecule has 3 N–H and O–H groups in total. The van der Waals surface area contributed by atoms with Crippen LogP contribution in [0, 0.1) is 5.92 Å².